The molecule has 1 aromatic carbocycles. The monoisotopic (exact) mass is 433 g/mol. The number of carbonyl (C=O) groups excluding carboxylic acids is 1. The first kappa shape index (κ1) is 18.5. The highest BCUT2D eigenvalue weighted by Gasteiger charge is 2.39. The van der Waals surface area contributed by atoms with E-state index in [0.29, 0.717) is 28.6 Å². The van der Waals surface area contributed by atoms with Crippen LogP contribution in [0.3, 0.4) is 0 Å². The second-order valence-electron chi connectivity index (χ2n) is 6.78. The molecule has 1 aliphatic heterocycles. The molecule has 1 heterocycles. The summed E-state index contributed by atoms with van der Waals surface area (Å²) in [5.74, 6) is 0.895. The van der Waals surface area contributed by atoms with Gasteiger partial charge in [0.2, 0.25) is 5.91 Å². The van der Waals surface area contributed by atoms with Gasteiger partial charge in [-0.2, -0.15) is 0 Å². The Labute approximate surface area is 161 Å². The van der Waals surface area contributed by atoms with Crippen LogP contribution in [0, 0.1) is 11.8 Å². The van der Waals surface area contributed by atoms with E-state index in [1.807, 2.05) is 17.0 Å². The van der Waals surface area contributed by atoms with Crippen molar-refractivity contribution in [2.24, 2.45) is 11.8 Å². The molecule has 24 heavy (non-hydrogen) atoms. The summed E-state index contributed by atoms with van der Waals surface area (Å²) >= 11 is 16.0. The molecule has 0 spiro atoms. The molecule has 1 amide bonds. The molecule has 0 bridgehead atoms. The Balaban J connectivity index is 1.65. The summed E-state index contributed by atoms with van der Waals surface area (Å²) in [5, 5.41) is 1.21. The zero-order valence-corrected chi connectivity index (χ0v) is 16.8. The van der Waals surface area contributed by atoms with Gasteiger partial charge < -0.3 is 9.64 Å². The van der Waals surface area contributed by atoms with Gasteiger partial charge in [-0.1, -0.05) is 39.1 Å². The van der Waals surface area contributed by atoms with Crippen molar-refractivity contribution in [1.82, 2.24) is 4.90 Å². The topological polar surface area (TPSA) is 29.5 Å². The quantitative estimate of drug-likeness (QED) is 0.642. The Hall–Kier alpha value is -0.290. The molecule has 1 atom stereocenters. The number of likely N-dealkylation sites (tertiary alicyclic amines) is 1. The molecule has 2 aliphatic rings. The smallest absolute Gasteiger partial charge is 0.226 e. The highest BCUT2D eigenvalue weighted by molar-refractivity contribution is 9.10. The fourth-order valence-corrected chi connectivity index (χ4v) is 5.33. The van der Waals surface area contributed by atoms with E-state index in [4.69, 9.17) is 27.9 Å². The molecule has 1 saturated heterocycles. The molecular formula is C18H22BrCl2NO2. The number of halogens is 3. The number of benzene rings is 1. The van der Waals surface area contributed by atoms with Gasteiger partial charge in [-0.3, -0.25) is 4.79 Å². The fourth-order valence-electron chi connectivity index (χ4n) is 4.00. The summed E-state index contributed by atoms with van der Waals surface area (Å²) < 4.78 is 6.29. The summed E-state index contributed by atoms with van der Waals surface area (Å²) in [5.41, 5.74) is 0.832. The Bertz CT molecular complexity index is 594. The van der Waals surface area contributed by atoms with Crippen LogP contribution in [0.5, 0.6) is 0 Å². The molecule has 132 valence electrons. The van der Waals surface area contributed by atoms with Gasteiger partial charge in [-0.25, -0.2) is 0 Å². The highest BCUT2D eigenvalue weighted by atomic mass is 79.9. The van der Waals surface area contributed by atoms with E-state index in [1.165, 1.54) is 0 Å². The number of hydrogen-bond acceptors (Lipinski definition) is 2. The predicted octanol–water partition coefficient (Wildman–Crippen LogP) is 5.31. The molecule has 3 nitrogen and oxygen atoms in total. The van der Waals surface area contributed by atoms with Gasteiger partial charge in [-0.15, -0.1) is 0 Å². The van der Waals surface area contributed by atoms with E-state index < -0.39 is 0 Å². The maximum Gasteiger partial charge on any atom is 0.226 e. The summed E-state index contributed by atoms with van der Waals surface area (Å²) in [4.78, 5) is 14.8. The zero-order valence-electron chi connectivity index (χ0n) is 13.7. The van der Waals surface area contributed by atoms with Crippen molar-refractivity contribution in [2.45, 2.75) is 44.8 Å². The first-order valence-corrected chi connectivity index (χ1v) is 9.99. The van der Waals surface area contributed by atoms with Crippen LogP contribution in [0.2, 0.25) is 10.0 Å². The lowest BCUT2D eigenvalue weighted by Gasteiger charge is -2.30. The Morgan fingerprint density at radius 1 is 1.17 bits per heavy atom. The molecule has 0 N–H and O–H groups in total. The van der Waals surface area contributed by atoms with Crippen LogP contribution in [0.15, 0.2) is 16.6 Å². The predicted molar refractivity (Wildman–Crippen MR) is 100 cm³/mol. The highest BCUT2D eigenvalue weighted by Crippen LogP contribution is 2.38. The van der Waals surface area contributed by atoms with Crippen molar-refractivity contribution < 1.29 is 9.53 Å². The first-order chi connectivity index (χ1) is 11.5. The van der Waals surface area contributed by atoms with Crippen molar-refractivity contribution >= 4 is 45.0 Å². The van der Waals surface area contributed by atoms with E-state index in [2.05, 4.69) is 15.9 Å². The minimum Gasteiger partial charge on any atom is -0.381 e. The SMILES string of the molecule is COC1CCC(C2CCN(Cc3c(Cl)cc(Br)cc3Cl)C2=O)CC1. The molecule has 0 aromatic heterocycles. The number of nitrogens with zero attached hydrogens (tertiary/aromatic N) is 1. The van der Waals surface area contributed by atoms with E-state index >= 15 is 0 Å². The standard InChI is InChI=1S/C18H22BrCl2NO2/c1-24-13-4-2-11(3-5-13)14-6-7-22(18(14)23)10-15-16(20)8-12(19)9-17(15)21/h8-9,11,13-14H,2-7,10H2,1H3. The Kier molecular flexibility index (Phi) is 6.12. The van der Waals surface area contributed by atoms with Gasteiger partial charge >= 0.3 is 0 Å². The molecule has 0 radical (unpaired) electrons. The van der Waals surface area contributed by atoms with Crippen LogP contribution in [0.4, 0.5) is 0 Å². The summed E-state index contributed by atoms with van der Waals surface area (Å²) in [7, 11) is 1.78. The largest absolute Gasteiger partial charge is 0.381 e. The number of rotatable bonds is 4. The molecule has 1 aliphatic carbocycles. The lowest BCUT2D eigenvalue weighted by Crippen LogP contribution is -2.32. The van der Waals surface area contributed by atoms with Crippen LogP contribution in [-0.4, -0.2) is 30.6 Å². The van der Waals surface area contributed by atoms with Crippen molar-refractivity contribution in [3.8, 4) is 0 Å². The van der Waals surface area contributed by atoms with Gasteiger partial charge in [-0.05, 0) is 50.2 Å². The summed E-state index contributed by atoms with van der Waals surface area (Å²) in [6, 6.07) is 3.65. The first-order valence-electron chi connectivity index (χ1n) is 8.44. The maximum absolute atomic E-state index is 12.8. The third kappa shape index (κ3) is 3.92. The van der Waals surface area contributed by atoms with E-state index in [9.17, 15) is 4.79 Å². The Morgan fingerprint density at radius 2 is 1.79 bits per heavy atom. The van der Waals surface area contributed by atoms with Crippen molar-refractivity contribution in [3.05, 3.63) is 32.2 Å². The van der Waals surface area contributed by atoms with Crippen LogP contribution in [-0.2, 0) is 16.1 Å². The van der Waals surface area contributed by atoms with Crippen molar-refractivity contribution in [1.29, 1.82) is 0 Å². The molecule has 3 rings (SSSR count). The lowest BCUT2D eigenvalue weighted by molar-refractivity contribution is -0.133. The number of ether oxygens (including phenoxy) is 1. The number of hydrogen-bond donors (Lipinski definition) is 0. The minimum atomic E-state index is 0.149. The Morgan fingerprint density at radius 3 is 2.38 bits per heavy atom. The molecular weight excluding hydrogens is 413 g/mol. The van der Waals surface area contributed by atoms with Crippen LogP contribution >= 0.6 is 39.1 Å². The van der Waals surface area contributed by atoms with Crippen LogP contribution < -0.4 is 0 Å². The third-order valence-electron chi connectivity index (χ3n) is 5.41. The van der Waals surface area contributed by atoms with Gasteiger partial charge in [0, 0.05) is 46.2 Å². The van der Waals surface area contributed by atoms with Gasteiger partial charge in [0.1, 0.15) is 0 Å². The van der Waals surface area contributed by atoms with Gasteiger partial charge in [0.15, 0.2) is 0 Å². The van der Waals surface area contributed by atoms with Crippen molar-refractivity contribution in [2.75, 3.05) is 13.7 Å². The fraction of sp³-hybridized carbons (Fsp3) is 0.611. The average Bonchev–Trinajstić information content (AvgIpc) is 2.92. The number of carbonyl (C=O) groups is 1. The van der Waals surface area contributed by atoms with Crippen molar-refractivity contribution in [3.63, 3.8) is 0 Å². The molecule has 1 saturated carbocycles. The summed E-state index contributed by atoms with van der Waals surface area (Å²) in [6.45, 7) is 1.28. The van der Waals surface area contributed by atoms with E-state index in [-0.39, 0.29) is 11.8 Å². The van der Waals surface area contributed by atoms with Crippen LogP contribution in [0.1, 0.15) is 37.7 Å². The molecule has 6 heteroatoms. The van der Waals surface area contributed by atoms with Gasteiger partial charge in [0.05, 0.1) is 6.10 Å². The number of amides is 1. The van der Waals surface area contributed by atoms with Gasteiger partial charge in [0.25, 0.3) is 0 Å². The zero-order chi connectivity index (χ0) is 17.3. The minimum absolute atomic E-state index is 0.149. The summed E-state index contributed by atoms with van der Waals surface area (Å²) in [6.07, 6.45) is 5.61. The average molecular weight is 435 g/mol. The van der Waals surface area contributed by atoms with E-state index in [1.54, 1.807) is 7.11 Å². The second-order valence-corrected chi connectivity index (χ2v) is 8.51. The van der Waals surface area contributed by atoms with E-state index in [0.717, 1.165) is 48.7 Å². The van der Waals surface area contributed by atoms with Crippen LogP contribution in [0.25, 0.3) is 0 Å². The normalized spacial score (nSPS) is 27.8. The maximum atomic E-state index is 12.8. The lowest BCUT2D eigenvalue weighted by atomic mass is 9.78. The molecule has 1 aromatic rings. The second kappa shape index (κ2) is 7.94. The molecule has 2 fully saturated rings. The third-order valence-corrected chi connectivity index (χ3v) is 6.55. The number of methoxy groups -OCH3 is 1. The molecule has 1 unspecified atom stereocenters.